The van der Waals surface area contributed by atoms with Gasteiger partial charge >= 0.3 is 0 Å². The fraction of sp³-hybridized carbons (Fsp3) is 0.0400. The molecule has 0 radical (unpaired) electrons. The number of benzene rings is 2. The first-order valence-electron chi connectivity index (χ1n) is 10.8. The number of nitrogens with zero attached hydrogens (tertiary/aromatic N) is 5. The molecule has 0 aliphatic rings. The molecule has 0 saturated heterocycles. The molecule has 0 aliphatic carbocycles. The predicted octanol–water partition coefficient (Wildman–Crippen LogP) is 3.74. The normalized spacial score (nSPS) is 11.2. The van der Waals surface area contributed by atoms with E-state index in [4.69, 9.17) is 10.2 Å². The highest BCUT2D eigenvalue weighted by Gasteiger charge is 2.22. The molecule has 6 aromatic rings. The first kappa shape index (κ1) is 20.5. The number of imidazole rings is 1. The van der Waals surface area contributed by atoms with Gasteiger partial charge in [-0.2, -0.15) is 0 Å². The van der Waals surface area contributed by atoms with E-state index < -0.39 is 5.91 Å². The van der Waals surface area contributed by atoms with Crippen LogP contribution in [0.5, 0.6) is 0 Å². The van der Waals surface area contributed by atoms with Gasteiger partial charge in [-0.15, -0.1) is 0 Å². The van der Waals surface area contributed by atoms with Crippen LogP contribution in [0.1, 0.15) is 16.3 Å². The van der Waals surface area contributed by atoms with Gasteiger partial charge in [-0.25, -0.2) is 19.9 Å². The summed E-state index contributed by atoms with van der Waals surface area (Å²) in [6, 6.07) is 17.1. The lowest BCUT2D eigenvalue weighted by molar-refractivity contribution is 0.0945. The Kier molecular flexibility index (Phi) is 4.88. The number of oxazole rings is 1. The van der Waals surface area contributed by atoms with E-state index in [1.165, 1.54) is 12.5 Å². The van der Waals surface area contributed by atoms with Crippen LogP contribution in [0.3, 0.4) is 0 Å². The fourth-order valence-electron chi connectivity index (χ4n) is 3.87. The molecule has 0 fully saturated rings. The minimum absolute atomic E-state index is 0.00213. The van der Waals surface area contributed by atoms with Crippen molar-refractivity contribution in [2.24, 2.45) is 0 Å². The van der Waals surface area contributed by atoms with Gasteiger partial charge in [-0.3, -0.25) is 9.78 Å². The Bertz CT molecular complexity index is 1660. The number of carbonyl (C=O) groups is 1. The van der Waals surface area contributed by atoms with Gasteiger partial charge in [0.25, 0.3) is 5.91 Å². The zero-order valence-corrected chi connectivity index (χ0v) is 18.3. The number of para-hydroxylation sites is 2. The van der Waals surface area contributed by atoms with Crippen molar-refractivity contribution >= 4 is 33.7 Å². The van der Waals surface area contributed by atoms with Crippen molar-refractivity contribution in [1.29, 1.82) is 0 Å². The number of anilines is 1. The maximum absolute atomic E-state index is 13.1. The number of aromatic nitrogens is 6. The van der Waals surface area contributed by atoms with Crippen LogP contribution in [0.25, 0.3) is 44.8 Å². The zero-order chi connectivity index (χ0) is 23.8. The molecule has 4 heterocycles. The molecule has 0 unspecified atom stereocenters. The summed E-state index contributed by atoms with van der Waals surface area (Å²) >= 11 is 0. The van der Waals surface area contributed by atoms with E-state index in [2.05, 4.69) is 35.2 Å². The Morgan fingerprint density at radius 2 is 1.86 bits per heavy atom. The van der Waals surface area contributed by atoms with Crippen molar-refractivity contribution in [3.8, 4) is 22.8 Å². The molecule has 1 amide bonds. The highest BCUT2D eigenvalue weighted by Crippen LogP contribution is 2.31. The van der Waals surface area contributed by atoms with E-state index in [0.717, 1.165) is 27.5 Å². The minimum Gasteiger partial charge on any atom is -0.443 e. The average Bonchev–Trinajstić information content (AvgIpc) is 3.57. The molecule has 170 valence electrons. The second-order valence-electron chi connectivity index (χ2n) is 7.79. The van der Waals surface area contributed by atoms with E-state index >= 15 is 0 Å². The third-order valence-electron chi connectivity index (χ3n) is 5.50. The number of carbonyl (C=O) groups excluding carboxylic acids is 1. The molecule has 0 bridgehead atoms. The van der Waals surface area contributed by atoms with Crippen LogP contribution in [-0.2, 0) is 6.54 Å². The maximum atomic E-state index is 13.1. The first-order valence-corrected chi connectivity index (χ1v) is 10.8. The number of nitrogen functional groups attached to an aromatic ring is 1. The molecule has 0 atom stereocenters. The van der Waals surface area contributed by atoms with Gasteiger partial charge in [0.2, 0.25) is 5.89 Å². The molecule has 6 rings (SSSR count). The molecule has 4 aromatic heterocycles. The third kappa shape index (κ3) is 3.82. The topological polar surface area (TPSA) is 148 Å². The van der Waals surface area contributed by atoms with E-state index in [0.29, 0.717) is 17.2 Å². The Balaban J connectivity index is 1.38. The summed E-state index contributed by atoms with van der Waals surface area (Å²) in [4.78, 5) is 38.3. The van der Waals surface area contributed by atoms with Gasteiger partial charge in [0.15, 0.2) is 17.2 Å². The lowest BCUT2D eigenvalue weighted by Gasteiger charge is -2.11. The molecule has 0 spiro atoms. The van der Waals surface area contributed by atoms with Crippen LogP contribution in [0, 0.1) is 0 Å². The van der Waals surface area contributed by atoms with Crippen LogP contribution in [0.4, 0.5) is 5.82 Å². The van der Waals surface area contributed by atoms with Gasteiger partial charge in [0, 0.05) is 17.1 Å². The Labute approximate surface area is 198 Å². The third-order valence-corrected chi connectivity index (χ3v) is 5.50. The van der Waals surface area contributed by atoms with E-state index in [1.807, 2.05) is 54.6 Å². The highest BCUT2D eigenvalue weighted by molar-refractivity contribution is 5.98. The van der Waals surface area contributed by atoms with Gasteiger partial charge in [-0.05, 0) is 30.3 Å². The lowest BCUT2D eigenvalue weighted by atomic mass is 10.1. The van der Waals surface area contributed by atoms with Gasteiger partial charge in [0.1, 0.15) is 17.8 Å². The number of H-pyrrole nitrogens is 1. The summed E-state index contributed by atoms with van der Waals surface area (Å²) in [7, 11) is 0. The van der Waals surface area contributed by atoms with Gasteiger partial charge in [-0.1, -0.05) is 24.3 Å². The summed E-state index contributed by atoms with van der Waals surface area (Å²) in [6.07, 6.45) is 4.68. The van der Waals surface area contributed by atoms with Crippen molar-refractivity contribution in [3.63, 3.8) is 0 Å². The van der Waals surface area contributed by atoms with Crippen molar-refractivity contribution in [2.45, 2.75) is 6.54 Å². The molecular weight excluding hydrogens is 444 g/mol. The molecule has 0 saturated carbocycles. The molecule has 10 heteroatoms. The number of amides is 1. The maximum Gasteiger partial charge on any atom is 0.274 e. The van der Waals surface area contributed by atoms with Crippen molar-refractivity contribution in [3.05, 3.63) is 84.8 Å². The van der Waals surface area contributed by atoms with Crippen LogP contribution in [-0.4, -0.2) is 35.8 Å². The molecule has 0 aliphatic heterocycles. The number of nitrogens with one attached hydrogen (secondary N) is 2. The van der Waals surface area contributed by atoms with Crippen molar-refractivity contribution in [1.82, 2.24) is 35.2 Å². The Morgan fingerprint density at radius 1 is 0.943 bits per heavy atom. The number of hydrogen-bond donors (Lipinski definition) is 3. The summed E-state index contributed by atoms with van der Waals surface area (Å²) < 4.78 is 5.46. The largest absolute Gasteiger partial charge is 0.443 e. The average molecular weight is 462 g/mol. The van der Waals surface area contributed by atoms with E-state index in [1.54, 1.807) is 6.20 Å². The smallest absolute Gasteiger partial charge is 0.274 e. The number of aromatic amines is 1. The van der Waals surface area contributed by atoms with E-state index in [-0.39, 0.29) is 23.9 Å². The number of hydrogen-bond acceptors (Lipinski definition) is 8. The summed E-state index contributed by atoms with van der Waals surface area (Å²) in [5.74, 6) is 0.356. The Morgan fingerprint density at radius 3 is 2.71 bits per heavy atom. The van der Waals surface area contributed by atoms with Crippen LogP contribution >= 0.6 is 0 Å². The fourth-order valence-corrected chi connectivity index (χ4v) is 3.87. The van der Waals surface area contributed by atoms with E-state index in [9.17, 15) is 4.79 Å². The summed E-state index contributed by atoms with van der Waals surface area (Å²) in [6.45, 7) is 0.174. The van der Waals surface area contributed by atoms with Gasteiger partial charge < -0.3 is 20.5 Å². The number of fused-ring (bicyclic) bond motifs is 2. The van der Waals surface area contributed by atoms with Crippen LogP contribution < -0.4 is 11.1 Å². The number of rotatable bonds is 5. The standard InChI is InChI=1S/C25H18N8O2/c26-23-22(24(34)29-13-19-30-17-5-1-2-6-18(17)31-19)32-20(21(33-23)25-28-10-11-35-25)15-7-8-16-14(12-15)4-3-9-27-16/h1-12H,13H2,(H2,26,33)(H,29,34)(H,30,31). The summed E-state index contributed by atoms with van der Waals surface area (Å²) in [5, 5.41) is 3.73. The number of pyridine rings is 1. The highest BCUT2D eigenvalue weighted by atomic mass is 16.3. The monoisotopic (exact) mass is 462 g/mol. The van der Waals surface area contributed by atoms with Crippen molar-refractivity contribution < 1.29 is 9.21 Å². The Hall–Kier alpha value is -5.12. The minimum atomic E-state index is -0.474. The van der Waals surface area contributed by atoms with Crippen LogP contribution in [0.2, 0.25) is 0 Å². The number of nitrogens with two attached hydrogens (primary N) is 1. The van der Waals surface area contributed by atoms with Crippen LogP contribution in [0.15, 0.2) is 77.7 Å². The second kappa shape index (κ2) is 8.34. The molecule has 2 aromatic carbocycles. The predicted molar refractivity (Wildman–Crippen MR) is 130 cm³/mol. The molecule has 10 nitrogen and oxygen atoms in total. The van der Waals surface area contributed by atoms with Gasteiger partial charge in [0.05, 0.1) is 29.3 Å². The second-order valence-corrected chi connectivity index (χ2v) is 7.79. The lowest BCUT2D eigenvalue weighted by Crippen LogP contribution is -2.26. The first-order chi connectivity index (χ1) is 17.2. The molecular formula is C25H18N8O2. The summed E-state index contributed by atoms with van der Waals surface area (Å²) in [5.41, 5.74) is 10.2. The zero-order valence-electron chi connectivity index (χ0n) is 18.3. The molecule has 35 heavy (non-hydrogen) atoms. The van der Waals surface area contributed by atoms with Crippen molar-refractivity contribution in [2.75, 3.05) is 5.73 Å². The SMILES string of the molecule is Nc1nc(-c2ncco2)c(-c2ccc3ncccc3c2)nc1C(=O)NCc1nc2ccccc2[nH]1. The molecule has 4 N–H and O–H groups in total. The quantitative estimate of drug-likeness (QED) is 0.351.